The lowest BCUT2D eigenvalue weighted by atomic mass is 10.1. The van der Waals surface area contributed by atoms with Gasteiger partial charge in [-0.15, -0.1) is 0 Å². The Balaban J connectivity index is 1.63. The van der Waals surface area contributed by atoms with Crippen LogP contribution in [0.2, 0.25) is 5.02 Å². The van der Waals surface area contributed by atoms with Crippen molar-refractivity contribution in [2.45, 2.75) is 26.6 Å². The summed E-state index contributed by atoms with van der Waals surface area (Å²) >= 11 is 6.40. The first-order chi connectivity index (χ1) is 13.2. The number of hydrogen-bond donors (Lipinski definition) is 1. The van der Waals surface area contributed by atoms with Crippen LogP contribution in [0.25, 0.3) is 10.9 Å². The van der Waals surface area contributed by atoms with Crippen molar-refractivity contribution in [2.75, 3.05) is 0 Å². The summed E-state index contributed by atoms with van der Waals surface area (Å²) in [5.74, 6) is 0. The zero-order valence-corrected chi connectivity index (χ0v) is 16.1. The molecule has 0 aliphatic rings. The van der Waals surface area contributed by atoms with Gasteiger partial charge in [0.2, 0.25) is 0 Å². The van der Waals surface area contributed by atoms with Crippen LogP contribution >= 0.6 is 11.6 Å². The lowest BCUT2D eigenvalue weighted by Crippen LogP contribution is -2.13. The molecule has 0 spiro atoms. The fourth-order valence-corrected chi connectivity index (χ4v) is 3.76. The van der Waals surface area contributed by atoms with Crippen molar-refractivity contribution in [2.24, 2.45) is 0 Å². The van der Waals surface area contributed by atoms with Gasteiger partial charge in [0.25, 0.3) is 0 Å². The molecule has 136 valence electrons. The van der Waals surface area contributed by atoms with Gasteiger partial charge in [-0.1, -0.05) is 54.1 Å². The van der Waals surface area contributed by atoms with Gasteiger partial charge in [-0.2, -0.15) is 0 Å². The highest BCUT2D eigenvalue weighted by Gasteiger charge is 2.14. The van der Waals surface area contributed by atoms with Crippen molar-refractivity contribution in [3.63, 3.8) is 0 Å². The second-order valence-corrected chi connectivity index (χ2v) is 7.13. The highest BCUT2D eigenvalue weighted by molar-refractivity contribution is 6.31. The SMILES string of the molecule is Cc1c(CNCc2cccnc2)c2ccccc2n1Cc1ccccc1Cl. The Morgan fingerprint density at radius 3 is 2.59 bits per heavy atom. The van der Waals surface area contributed by atoms with E-state index in [0.29, 0.717) is 0 Å². The summed E-state index contributed by atoms with van der Waals surface area (Å²) in [7, 11) is 0. The maximum atomic E-state index is 6.40. The standard InChI is InChI=1S/C23H22ClN3/c1-17-21(15-26-14-18-7-6-12-25-13-18)20-9-3-5-11-23(20)27(17)16-19-8-2-4-10-22(19)24/h2-13,26H,14-16H2,1H3. The van der Waals surface area contributed by atoms with Crippen molar-refractivity contribution >= 4 is 22.5 Å². The van der Waals surface area contributed by atoms with E-state index in [2.05, 4.69) is 58.2 Å². The number of aromatic nitrogens is 2. The normalized spacial score (nSPS) is 11.2. The molecule has 2 heterocycles. The molecule has 3 nitrogen and oxygen atoms in total. The van der Waals surface area contributed by atoms with Gasteiger partial charge in [-0.3, -0.25) is 4.98 Å². The van der Waals surface area contributed by atoms with Crippen molar-refractivity contribution in [1.82, 2.24) is 14.9 Å². The van der Waals surface area contributed by atoms with Gasteiger partial charge in [-0.05, 0) is 41.8 Å². The van der Waals surface area contributed by atoms with Crippen LogP contribution < -0.4 is 5.32 Å². The number of nitrogens with zero attached hydrogens (tertiary/aromatic N) is 2. The van der Waals surface area contributed by atoms with Gasteiger partial charge >= 0.3 is 0 Å². The second kappa shape index (κ2) is 7.95. The average Bonchev–Trinajstić information content (AvgIpc) is 2.96. The Labute approximate surface area is 164 Å². The summed E-state index contributed by atoms with van der Waals surface area (Å²) in [6.45, 7) is 4.58. The van der Waals surface area contributed by atoms with Crippen LogP contribution in [0, 0.1) is 6.92 Å². The highest BCUT2D eigenvalue weighted by Crippen LogP contribution is 2.28. The summed E-state index contributed by atoms with van der Waals surface area (Å²) in [5, 5.41) is 5.66. The van der Waals surface area contributed by atoms with Crippen LogP contribution in [0.1, 0.15) is 22.4 Å². The summed E-state index contributed by atoms with van der Waals surface area (Å²) in [6, 6.07) is 20.7. The highest BCUT2D eigenvalue weighted by atomic mass is 35.5. The van der Waals surface area contributed by atoms with Crippen molar-refractivity contribution in [3.05, 3.63) is 100 Å². The number of fused-ring (bicyclic) bond motifs is 1. The summed E-state index contributed by atoms with van der Waals surface area (Å²) in [5.41, 5.74) is 6.18. The third-order valence-electron chi connectivity index (χ3n) is 5.00. The maximum absolute atomic E-state index is 6.40. The fourth-order valence-electron chi connectivity index (χ4n) is 3.56. The molecule has 1 N–H and O–H groups in total. The Hall–Kier alpha value is -2.62. The molecule has 0 bridgehead atoms. The quantitative estimate of drug-likeness (QED) is 0.493. The molecule has 0 saturated heterocycles. The summed E-state index contributed by atoms with van der Waals surface area (Å²) < 4.78 is 2.36. The van der Waals surface area contributed by atoms with E-state index in [4.69, 9.17) is 11.6 Å². The molecular formula is C23H22ClN3. The van der Waals surface area contributed by atoms with E-state index in [-0.39, 0.29) is 0 Å². The Kier molecular flexibility index (Phi) is 5.23. The van der Waals surface area contributed by atoms with Crippen molar-refractivity contribution < 1.29 is 0 Å². The number of benzene rings is 2. The Bertz CT molecular complexity index is 1050. The van der Waals surface area contributed by atoms with Crippen LogP contribution in [-0.2, 0) is 19.6 Å². The maximum Gasteiger partial charge on any atom is 0.0493 e. The minimum atomic E-state index is 0.772. The first-order valence-corrected chi connectivity index (χ1v) is 9.51. The molecule has 0 aliphatic carbocycles. The third kappa shape index (κ3) is 3.75. The third-order valence-corrected chi connectivity index (χ3v) is 5.37. The van der Waals surface area contributed by atoms with Crippen molar-refractivity contribution in [1.29, 1.82) is 0 Å². The number of halogens is 1. The second-order valence-electron chi connectivity index (χ2n) is 6.72. The number of nitrogens with one attached hydrogen (secondary N) is 1. The van der Waals surface area contributed by atoms with E-state index in [9.17, 15) is 0 Å². The minimum absolute atomic E-state index is 0.772. The zero-order chi connectivity index (χ0) is 18.6. The zero-order valence-electron chi connectivity index (χ0n) is 15.3. The summed E-state index contributed by atoms with van der Waals surface area (Å²) in [4.78, 5) is 4.18. The number of para-hydroxylation sites is 1. The Morgan fingerprint density at radius 1 is 0.963 bits per heavy atom. The largest absolute Gasteiger partial charge is 0.340 e. The van der Waals surface area contributed by atoms with Gasteiger partial charge < -0.3 is 9.88 Å². The van der Waals surface area contributed by atoms with Crippen LogP contribution in [-0.4, -0.2) is 9.55 Å². The van der Waals surface area contributed by atoms with E-state index >= 15 is 0 Å². The van der Waals surface area contributed by atoms with Crippen molar-refractivity contribution in [3.8, 4) is 0 Å². The molecule has 0 aliphatic heterocycles. The van der Waals surface area contributed by atoms with Crippen LogP contribution in [0.5, 0.6) is 0 Å². The van der Waals surface area contributed by atoms with Crippen LogP contribution in [0.4, 0.5) is 0 Å². The van der Waals surface area contributed by atoms with E-state index in [1.165, 1.54) is 27.7 Å². The molecule has 4 aromatic rings. The molecule has 4 rings (SSSR count). The Morgan fingerprint density at radius 2 is 1.78 bits per heavy atom. The van der Waals surface area contributed by atoms with E-state index in [1.807, 2.05) is 30.5 Å². The number of pyridine rings is 1. The van der Waals surface area contributed by atoms with Gasteiger partial charge in [-0.25, -0.2) is 0 Å². The lowest BCUT2D eigenvalue weighted by molar-refractivity contribution is 0.684. The molecule has 0 radical (unpaired) electrons. The molecule has 0 unspecified atom stereocenters. The monoisotopic (exact) mass is 375 g/mol. The molecule has 0 fully saturated rings. The molecule has 2 aromatic heterocycles. The minimum Gasteiger partial charge on any atom is -0.340 e. The molecule has 0 atom stereocenters. The van der Waals surface area contributed by atoms with E-state index in [0.717, 1.165) is 30.2 Å². The van der Waals surface area contributed by atoms with Gasteiger partial charge in [0, 0.05) is 53.6 Å². The predicted molar refractivity (Wildman–Crippen MR) is 112 cm³/mol. The van der Waals surface area contributed by atoms with Gasteiger partial charge in [0.05, 0.1) is 0 Å². The molecule has 2 aromatic carbocycles. The van der Waals surface area contributed by atoms with Crippen LogP contribution in [0.15, 0.2) is 73.1 Å². The molecule has 27 heavy (non-hydrogen) atoms. The number of rotatable bonds is 6. The summed E-state index contributed by atoms with van der Waals surface area (Å²) in [6.07, 6.45) is 3.70. The van der Waals surface area contributed by atoms with Gasteiger partial charge in [0.15, 0.2) is 0 Å². The van der Waals surface area contributed by atoms with E-state index in [1.54, 1.807) is 6.20 Å². The molecular weight excluding hydrogens is 354 g/mol. The molecule has 0 amide bonds. The lowest BCUT2D eigenvalue weighted by Gasteiger charge is -2.11. The smallest absolute Gasteiger partial charge is 0.0493 e. The van der Waals surface area contributed by atoms with Crippen LogP contribution in [0.3, 0.4) is 0 Å². The van der Waals surface area contributed by atoms with Gasteiger partial charge in [0.1, 0.15) is 0 Å². The fraction of sp³-hybridized carbons (Fsp3) is 0.174. The molecule has 4 heteroatoms. The first kappa shape index (κ1) is 17.8. The number of hydrogen-bond acceptors (Lipinski definition) is 2. The predicted octanol–water partition coefficient (Wildman–Crippen LogP) is 5.34. The molecule has 0 saturated carbocycles. The van der Waals surface area contributed by atoms with E-state index < -0.39 is 0 Å². The topological polar surface area (TPSA) is 29.9 Å². The average molecular weight is 376 g/mol. The first-order valence-electron chi connectivity index (χ1n) is 9.14.